The first-order valence-corrected chi connectivity index (χ1v) is 5.74. The lowest BCUT2D eigenvalue weighted by molar-refractivity contribution is -0.122. The second kappa shape index (κ2) is 5.96. The first-order valence-electron chi connectivity index (χ1n) is 5.74. The van der Waals surface area contributed by atoms with Crippen molar-refractivity contribution in [3.63, 3.8) is 0 Å². The van der Waals surface area contributed by atoms with Crippen molar-refractivity contribution < 1.29 is 14.7 Å². The van der Waals surface area contributed by atoms with Crippen LogP contribution in [0.2, 0.25) is 0 Å². The second-order valence-electron chi connectivity index (χ2n) is 4.26. The summed E-state index contributed by atoms with van der Waals surface area (Å²) in [5, 5.41) is 15.9. The molecule has 1 saturated heterocycles. The Morgan fingerprint density at radius 1 is 1.69 bits per heavy atom. The molecule has 1 fully saturated rings. The topological polar surface area (TPSA) is 78.4 Å². The van der Waals surface area contributed by atoms with E-state index in [1.165, 1.54) is 6.92 Å². The van der Waals surface area contributed by atoms with E-state index in [4.69, 9.17) is 0 Å². The van der Waals surface area contributed by atoms with Gasteiger partial charge < -0.3 is 15.7 Å². The van der Waals surface area contributed by atoms with Gasteiger partial charge in [-0.3, -0.25) is 9.59 Å². The Hall–Kier alpha value is -0.940. The number of carbonyl (C=O) groups is 2. The Morgan fingerprint density at radius 2 is 2.38 bits per heavy atom. The number of hydrogen-bond donors (Lipinski definition) is 3. The fourth-order valence-electron chi connectivity index (χ4n) is 2.03. The molecule has 0 bridgehead atoms. The Labute approximate surface area is 95.6 Å². The third kappa shape index (κ3) is 3.57. The van der Waals surface area contributed by atoms with Crippen molar-refractivity contribution in [3.8, 4) is 0 Å². The number of amides is 1. The summed E-state index contributed by atoms with van der Waals surface area (Å²) in [7, 11) is 0. The van der Waals surface area contributed by atoms with Crippen LogP contribution in [0, 0.1) is 0 Å². The number of nitrogens with one attached hydrogen (secondary N) is 2. The van der Waals surface area contributed by atoms with Gasteiger partial charge in [0.25, 0.3) is 0 Å². The zero-order valence-corrected chi connectivity index (χ0v) is 9.82. The molecule has 92 valence electrons. The van der Waals surface area contributed by atoms with Crippen LogP contribution in [-0.2, 0) is 9.59 Å². The Balaban J connectivity index is 2.55. The number of aliphatic hydroxyl groups excluding tert-OH is 1. The molecule has 16 heavy (non-hydrogen) atoms. The highest BCUT2D eigenvalue weighted by molar-refractivity contribution is 5.80. The van der Waals surface area contributed by atoms with Crippen LogP contribution >= 0.6 is 0 Å². The first kappa shape index (κ1) is 13.1. The molecule has 0 aromatic rings. The summed E-state index contributed by atoms with van der Waals surface area (Å²) in [5.41, 5.74) is 0. The predicted molar refractivity (Wildman–Crippen MR) is 59.9 cm³/mol. The van der Waals surface area contributed by atoms with Crippen LogP contribution in [0.4, 0.5) is 0 Å². The predicted octanol–water partition coefficient (Wildman–Crippen LogP) is -0.417. The van der Waals surface area contributed by atoms with Crippen LogP contribution in [0.3, 0.4) is 0 Å². The average Bonchev–Trinajstić information content (AvgIpc) is 2.24. The summed E-state index contributed by atoms with van der Waals surface area (Å²) in [5.74, 6) is 0.00788. The van der Waals surface area contributed by atoms with Gasteiger partial charge in [-0.2, -0.15) is 0 Å². The van der Waals surface area contributed by atoms with Crippen LogP contribution in [0.5, 0.6) is 0 Å². The zero-order valence-electron chi connectivity index (χ0n) is 9.82. The SMILES string of the molecule is CCC(NC(C)=O)C(O)C1CC(=O)CCN1. The molecule has 1 amide bonds. The highest BCUT2D eigenvalue weighted by Crippen LogP contribution is 2.12. The van der Waals surface area contributed by atoms with Crippen LogP contribution in [0.25, 0.3) is 0 Å². The number of piperidine rings is 1. The quantitative estimate of drug-likeness (QED) is 0.611. The maximum atomic E-state index is 11.3. The van der Waals surface area contributed by atoms with Crippen LogP contribution in [-0.4, -0.2) is 41.5 Å². The van der Waals surface area contributed by atoms with E-state index >= 15 is 0 Å². The lowest BCUT2D eigenvalue weighted by Gasteiger charge is -2.32. The van der Waals surface area contributed by atoms with Gasteiger partial charge in [0.15, 0.2) is 0 Å². The minimum Gasteiger partial charge on any atom is -0.389 e. The van der Waals surface area contributed by atoms with Crippen molar-refractivity contribution in [2.45, 2.75) is 51.3 Å². The van der Waals surface area contributed by atoms with E-state index in [1.807, 2.05) is 6.92 Å². The maximum Gasteiger partial charge on any atom is 0.217 e. The van der Waals surface area contributed by atoms with Gasteiger partial charge in [-0.05, 0) is 6.42 Å². The van der Waals surface area contributed by atoms with Crippen molar-refractivity contribution >= 4 is 11.7 Å². The maximum absolute atomic E-state index is 11.3. The van der Waals surface area contributed by atoms with Crippen molar-refractivity contribution in [2.24, 2.45) is 0 Å². The van der Waals surface area contributed by atoms with E-state index in [0.717, 1.165) is 0 Å². The van der Waals surface area contributed by atoms with Gasteiger partial charge >= 0.3 is 0 Å². The fourth-order valence-corrected chi connectivity index (χ4v) is 2.03. The molecule has 5 nitrogen and oxygen atoms in total. The minimum absolute atomic E-state index is 0.159. The second-order valence-corrected chi connectivity index (χ2v) is 4.26. The van der Waals surface area contributed by atoms with Crippen molar-refractivity contribution in [3.05, 3.63) is 0 Å². The molecule has 5 heteroatoms. The van der Waals surface area contributed by atoms with Gasteiger partial charge in [-0.15, -0.1) is 0 Å². The monoisotopic (exact) mass is 228 g/mol. The molecule has 1 rings (SSSR count). The van der Waals surface area contributed by atoms with Gasteiger partial charge in [-0.1, -0.05) is 6.92 Å². The van der Waals surface area contributed by atoms with Crippen LogP contribution < -0.4 is 10.6 Å². The molecular formula is C11H20N2O3. The number of rotatable bonds is 4. The van der Waals surface area contributed by atoms with Crippen molar-refractivity contribution in [2.75, 3.05) is 6.54 Å². The molecule has 3 unspecified atom stereocenters. The third-order valence-electron chi connectivity index (χ3n) is 2.91. The molecule has 3 N–H and O–H groups in total. The largest absolute Gasteiger partial charge is 0.389 e. The van der Waals surface area contributed by atoms with Crippen LogP contribution in [0.1, 0.15) is 33.1 Å². The molecule has 1 aliphatic rings. The Kier molecular flexibility index (Phi) is 4.89. The molecule has 3 atom stereocenters. The minimum atomic E-state index is -0.710. The van der Waals surface area contributed by atoms with E-state index in [2.05, 4.69) is 10.6 Å². The van der Waals surface area contributed by atoms with Crippen molar-refractivity contribution in [1.29, 1.82) is 0 Å². The lowest BCUT2D eigenvalue weighted by atomic mass is 9.93. The van der Waals surface area contributed by atoms with Gasteiger partial charge in [0.2, 0.25) is 5.91 Å². The highest BCUT2D eigenvalue weighted by atomic mass is 16.3. The molecular weight excluding hydrogens is 208 g/mol. The average molecular weight is 228 g/mol. The fraction of sp³-hybridized carbons (Fsp3) is 0.818. The Bertz CT molecular complexity index is 264. The third-order valence-corrected chi connectivity index (χ3v) is 2.91. The smallest absolute Gasteiger partial charge is 0.217 e. The van der Waals surface area contributed by atoms with E-state index in [0.29, 0.717) is 25.8 Å². The molecule has 0 aromatic heterocycles. The molecule has 0 aromatic carbocycles. The van der Waals surface area contributed by atoms with Gasteiger partial charge in [-0.25, -0.2) is 0 Å². The van der Waals surface area contributed by atoms with E-state index in [1.54, 1.807) is 0 Å². The summed E-state index contributed by atoms with van der Waals surface area (Å²) in [6, 6.07) is -0.529. The number of ketones is 1. The summed E-state index contributed by atoms with van der Waals surface area (Å²) >= 11 is 0. The van der Waals surface area contributed by atoms with Gasteiger partial charge in [0, 0.05) is 32.4 Å². The molecule has 0 spiro atoms. The standard InChI is InChI=1S/C11H20N2O3/c1-3-9(13-7(2)14)11(16)10-6-8(15)4-5-12-10/h9-12,16H,3-6H2,1-2H3,(H,13,14). The molecule has 0 aliphatic carbocycles. The Morgan fingerprint density at radius 3 is 2.88 bits per heavy atom. The van der Waals surface area contributed by atoms with Gasteiger partial charge in [0.1, 0.15) is 5.78 Å². The van der Waals surface area contributed by atoms with Crippen molar-refractivity contribution in [1.82, 2.24) is 10.6 Å². The first-order chi connectivity index (χ1) is 7.54. The van der Waals surface area contributed by atoms with Crippen LogP contribution in [0.15, 0.2) is 0 Å². The summed E-state index contributed by atoms with van der Waals surface area (Å²) in [6.45, 7) is 3.93. The van der Waals surface area contributed by atoms with E-state index < -0.39 is 6.10 Å². The molecule has 1 aliphatic heterocycles. The zero-order chi connectivity index (χ0) is 12.1. The summed E-state index contributed by atoms with van der Waals surface area (Å²) in [6.07, 6.45) is 0.808. The molecule has 0 saturated carbocycles. The normalized spacial score (nSPS) is 24.9. The summed E-state index contributed by atoms with van der Waals surface area (Å²) < 4.78 is 0. The molecule has 1 heterocycles. The number of carbonyl (C=O) groups excluding carboxylic acids is 2. The van der Waals surface area contributed by atoms with E-state index in [-0.39, 0.29) is 23.8 Å². The number of Topliss-reactive ketones (excluding diaryl/α,β-unsaturated/α-hetero) is 1. The summed E-state index contributed by atoms with van der Waals surface area (Å²) in [4.78, 5) is 22.2. The number of hydrogen-bond acceptors (Lipinski definition) is 4. The van der Waals surface area contributed by atoms with E-state index in [9.17, 15) is 14.7 Å². The molecule has 0 radical (unpaired) electrons. The lowest BCUT2D eigenvalue weighted by Crippen LogP contribution is -2.55. The van der Waals surface area contributed by atoms with Gasteiger partial charge in [0.05, 0.1) is 12.1 Å². The number of aliphatic hydroxyl groups is 1. The highest BCUT2D eigenvalue weighted by Gasteiger charge is 2.30.